The van der Waals surface area contributed by atoms with Crippen molar-refractivity contribution in [1.82, 2.24) is 0 Å². The predicted octanol–water partition coefficient (Wildman–Crippen LogP) is 2.30. The maximum atomic E-state index is 12.6. The van der Waals surface area contributed by atoms with Crippen LogP contribution in [0.1, 0.15) is 15.9 Å². The lowest BCUT2D eigenvalue weighted by molar-refractivity contribution is 0.103. The number of sulfonamides is 1. The minimum absolute atomic E-state index is 0.191. The summed E-state index contributed by atoms with van der Waals surface area (Å²) in [6, 6.07) is 13.4. The summed E-state index contributed by atoms with van der Waals surface area (Å²) in [5.74, 6) is 0.0108. The summed E-state index contributed by atoms with van der Waals surface area (Å²) in [5.41, 5.74) is 0.848. The SMILES string of the molecule is COc1cccc(NS(C)(=O)=O)c1C(=O)c1ccccc1. The van der Waals surface area contributed by atoms with Gasteiger partial charge in [-0.1, -0.05) is 36.4 Å². The Bertz CT molecular complexity index is 754. The largest absolute Gasteiger partial charge is 0.496 e. The third-order valence-corrected chi connectivity index (χ3v) is 3.40. The van der Waals surface area contributed by atoms with Crippen LogP contribution in [-0.4, -0.2) is 27.6 Å². The predicted molar refractivity (Wildman–Crippen MR) is 81.3 cm³/mol. The minimum Gasteiger partial charge on any atom is -0.496 e. The maximum absolute atomic E-state index is 12.6. The third kappa shape index (κ3) is 3.61. The molecule has 5 nitrogen and oxygen atoms in total. The number of ketones is 1. The van der Waals surface area contributed by atoms with Crippen LogP contribution in [0, 0.1) is 0 Å². The number of hydrogen-bond donors (Lipinski definition) is 1. The number of carbonyl (C=O) groups is 1. The number of hydrogen-bond acceptors (Lipinski definition) is 4. The zero-order valence-electron chi connectivity index (χ0n) is 11.7. The highest BCUT2D eigenvalue weighted by molar-refractivity contribution is 7.92. The Morgan fingerprint density at radius 1 is 1.05 bits per heavy atom. The molecule has 0 fully saturated rings. The van der Waals surface area contributed by atoms with Gasteiger partial charge in [-0.05, 0) is 12.1 Å². The summed E-state index contributed by atoms with van der Waals surface area (Å²) in [6.45, 7) is 0. The molecule has 0 saturated heterocycles. The van der Waals surface area contributed by atoms with Gasteiger partial charge in [0.15, 0.2) is 5.78 Å². The van der Waals surface area contributed by atoms with Crippen LogP contribution in [0.15, 0.2) is 48.5 Å². The van der Waals surface area contributed by atoms with E-state index in [2.05, 4.69) is 4.72 Å². The van der Waals surface area contributed by atoms with Crippen molar-refractivity contribution >= 4 is 21.5 Å². The molecule has 1 N–H and O–H groups in total. The van der Waals surface area contributed by atoms with Crippen LogP contribution in [0.5, 0.6) is 5.75 Å². The van der Waals surface area contributed by atoms with E-state index in [1.165, 1.54) is 13.2 Å². The van der Waals surface area contributed by atoms with Crippen LogP contribution >= 0.6 is 0 Å². The van der Waals surface area contributed by atoms with Crippen LogP contribution in [-0.2, 0) is 10.0 Å². The molecule has 0 aromatic heterocycles. The number of nitrogens with one attached hydrogen (secondary N) is 1. The quantitative estimate of drug-likeness (QED) is 0.860. The van der Waals surface area contributed by atoms with Gasteiger partial charge < -0.3 is 4.74 Å². The highest BCUT2D eigenvalue weighted by Gasteiger charge is 2.20. The van der Waals surface area contributed by atoms with E-state index in [0.717, 1.165) is 6.26 Å². The van der Waals surface area contributed by atoms with E-state index < -0.39 is 10.0 Å². The Kier molecular flexibility index (Phi) is 4.28. The first-order valence-corrected chi connectivity index (χ1v) is 8.06. The van der Waals surface area contributed by atoms with Crippen molar-refractivity contribution in [1.29, 1.82) is 0 Å². The van der Waals surface area contributed by atoms with E-state index in [1.807, 2.05) is 0 Å². The molecule has 0 atom stereocenters. The van der Waals surface area contributed by atoms with Crippen molar-refractivity contribution in [3.05, 3.63) is 59.7 Å². The summed E-state index contributed by atoms with van der Waals surface area (Å²) in [4.78, 5) is 12.6. The molecule has 0 unspecified atom stereocenters. The normalized spacial score (nSPS) is 11.0. The second-order valence-corrected chi connectivity index (χ2v) is 6.20. The fraction of sp³-hybridized carbons (Fsp3) is 0.133. The molecule has 0 aliphatic carbocycles. The van der Waals surface area contributed by atoms with Gasteiger partial charge in [-0.3, -0.25) is 9.52 Å². The Balaban J connectivity index is 2.57. The number of methoxy groups -OCH3 is 1. The second-order valence-electron chi connectivity index (χ2n) is 4.45. The molecule has 0 bridgehead atoms. The lowest BCUT2D eigenvalue weighted by atomic mass is 10.0. The molecule has 2 aromatic carbocycles. The fourth-order valence-electron chi connectivity index (χ4n) is 1.95. The van der Waals surface area contributed by atoms with Crippen molar-refractivity contribution in [3.8, 4) is 5.75 Å². The Hall–Kier alpha value is -2.34. The molecular formula is C15H15NO4S. The van der Waals surface area contributed by atoms with Gasteiger partial charge in [0, 0.05) is 5.56 Å². The summed E-state index contributed by atoms with van der Waals surface area (Å²) in [5, 5.41) is 0. The molecule has 2 aromatic rings. The number of rotatable bonds is 5. The van der Waals surface area contributed by atoms with Crippen molar-refractivity contribution < 1.29 is 17.9 Å². The first-order valence-electron chi connectivity index (χ1n) is 6.17. The van der Waals surface area contributed by atoms with E-state index in [0.29, 0.717) is 11.3 Å². The third-order valence-electron chi connectivity index (χ3n) is 2.80. The molecule has 0 heterocycles. The highest BCUT2D eigenvalue weighted by Crippen LogP contribution is 2.29. The van der Waals surface area contributed by atoms with Crippen LogP contribution in [0.3, 0.4) is 0 Å². The van der Waals surface area contributed by atoms with Gasteiger partial charge in [0.1, 0.15) is 5.75 Å². The number of benzene rings is 2. The Morgan fingerprint density at radius 3 is 2.29 bits per heavy atom. The van der Waals surface area contributed by atoms with Crippen molar-refractivity contribution in [2.45, 2.75) is 0 Å². The van der Waals surface area contributed by atoms with E-state index in [1.54, 1.807) is 42.5 Å². The molecule has 0 aliphatic rings. The zero-order valence-corrected chi connectivity index (χ0v) is 12.5. The Labute approximate surface area is 123 Å². The van der Waals surface area contributed by atoms with Gasteiger partial charge in [0.2, 0.25) is 10.0 Å². The molecule has 6 heteroatoms. The van der Waals surface area contributed by atoms with Crippen LogP contribution < -0.4 is 9.46 Å². The molecule has 0 amide bonds. The molecule has 0 saturated carbocycles. The monoisotopic (exact) mass is 305 g/mol. The molecular weight excluding hydrogens is 290 g/mol. The summed E-state index contributed by atoms with van der Waals surface area (Å²) >= 11 is 0. The van der Waals surface area contributed by atoms with Gasteiger partial charge >= 0.3 is 0 Å². The van der Waals surface area contributed by atoms with Crippen LogP contribution in [0.25, 0.3) is 0 Å². The molecule has 0 radical (unpaired) electrons. The number of ether oxygens (including phenoxy) is 1. The first-order chi connectivity index (χ1) is 9.92. The van der Waals surface area contributed by atoms with Crippen molar-refractivity contribution in [2.75, 3.05) is 18.1 Å². The molecule has 21 heavy (non-hydrogen) atoms. The average Bonchev–Trinajstić information content (AvgIpc) is 2.45. The second kappa shape index (κ2) is 5.97. The molecule has 110 valence electrons. The Morgan fingerprint density at radius 2 is 1.71 bits per heavy atom. The van der Waals surface area contributed by atoms with Crippen LogP contribution in [0.2, 0.25) is 0 Å². The van der Waals surface area contributed by atoms with Crippen molar-refractivity contribution in [2.24, 2.45) is 0 Å². The minimum atomic E-state index is -3.50. The number of anilines is 1. The van der Waals surface area contributed by atoms with Gasteiger partial charge in [0.25, 0.3) is 0 Å². The van der Waals surface area contributed by atoms with Gasteiger partial charge in [-0.2, -0.15) is 0 Å². The molecule has 0 spiro atoms. The first kappa shape index (κ1) is 15.1. The van der Waals surface area contributed by atoms with Crippen LogP contribution in [0.4, 0.5) is 5.69 Å². The van der Waals surface area contributed by atoms with Gasteiger partial charge in [-0.25, -0.2) is 8.42 Å². The zero-order chi connectivity index (χ0) is 15.5. The maximum Gasteiger partial charge on any atom is 0.229 e. The summed E-state index contributed by atoms with van der Waals surface area (Å²) < 4.78 is 30.4. The summed E-state index contributed by atoms with van der Waals surface area (Å²) in [7, 11) is -2.07. The highest BCUT2D eigenvalue weighted by atomic mass is 32.2. The van der Waals surface area contributed by atoms with Gasteiger partial charge in [-0.15, -0.1) is 0 Å². The lowest BCUT2D eigenvalue weighted by Crippen LogP contribution is -2.14. The standard InChI is InChI=1S/C15H15NO4S/c1-20-13-10-6-9-12(16-21(2,18)19)14(13)15(17)11-7-4-3-5-8-11/h3-10,16H,1-2H3. The fourth-order valence-corrected chi connectivity index (χ4v) is 2.52. The lowest BCUT2D eigenvalue weighted by Gasteiger charge is -2.13. The molecule has 2 rings (SSSR count). The average molecular weight is 305 g/mol. The topological polar surface area (TPSA) is 72.5 Å². The van der Waals surface area contributed by atoms with E-state index in [-0.39, 0.29) is 17.0 Å². The van der Waals surface area contributed by atoms with E-state index in [9.17, 15) is 13.2 Å². The van der Waals surface area contributed by atoms with E-state index in [4.69, 9.17) is 4.74 Å². The van der Waals surface area contributed by atoms with E-state index >= 15 is 0 Å². The van der Waals surface area contributed by atoms with Gasteiger partial charge in [0.05, 0.1) is 24.6 Å². The molecule has 0 aliphatic heterocycles. The number of carbonyl (C=O) groups excluding carboxylic acids is 1. The summed E-state index contributed by atoms with van der Waals surface area (Å²) in [6.07, 6.45) is 1.03. The van der Waals surface area contributed by atoms with Crippen molar-refractivity contribution in [3.63, 3.8) is 0 Å². The smallest absolute Gasteiger partial charge is 0.229 e.